The van der Waals surface area contributed by atoms with E-state index < -0.39 is 6.10 Å². The molecule has 0 amide bonds. The smallest absolute Gasteiger partial charge is 0.306 e. The molecule has 0 radical (unpaired) electrons. The molecule has 1 N–H and O–H groups in total. The lowest BCUT2D eigenvalue weighted by Crippen LogP contribution is -2.28. The van der Waals surface area contributed by atoms with Gasteiger partial charge in [0.05, 0.1) is 6.61 Å². The second-order valence-electron chi connectivity index (χ2n) is 14.2. The molecular formula is C40H78O5. The first-order chi connectivity index (χ1) is 22.0. The van der Waals surface area contributed by atoms with E-state index in [-0.39, 0.29) is 25.2 Å². The van der Waals surface area contributed by atoms with E-state index >= 15 is 0 Å². The minimum absolute atomic E-state index is 0.0579. The van der Waals surface area contributed by atoms with Crippen molar-refractivity contribution in [3.63, 3.8) is 0 Å². The molecule has 0 saturated heterocycles. The molecule has 0 aliphatic heterocycles. The van der Waals surface area contributed by atoms with Gasteiger partial charge in [0.25, 0.3) is 0 Å². The second-order valence-corrected chi connectivity index (χ2v) is 14.2. The van der Waals surface area contributed by atoms with Crippen molar-refractivity contribution in [2.24, 2.45) is 5.92 Å². The first-order valence-corrected chi connectivity index (χ1v) is 20.0. The van der Waals surface area contributed by atoms with Crippen LogP contribution in [0.3, 0.4) is 0 Å². The van der Waals surface area contributed by atoms with Gasteiger partial charge in [-0.05, 0) is 18.8 Å². The van der Waals surface area contributed by atoms with Crippen molar-refractivity contribution in [1.29, 1.82) is 0 Å². The average molecular weight is 639 g/mol. The van der Waals surface area contributed by atoms with Gasteiger partial charge in [-0.3, -0.25) is 9.59 Å². The first-order valence-electron chi connectivity index (χ1n) is 20.0. The van der Waals surface area contributed by atoms with E-state index in [1.165, 1.54) is 154 Å². The van der Waals surface area contributed by atoms with E-state index in [1.54, 1.807) is 0 Å². The van der Waals surface area contributed by atoms with E-state index in [9.17, 15) is 14.7 Å². The van der Waals surface area contributed by atoms with Crippen molar-refractivity contribution in [3.8, 4) is 0 Å². The van der Waals surface area contributed by atoms with Gasteiger partial charge in [0.1, 0.15) is 6.61 Å². The molecule has 268 valence electrons. The van der Waals surface area contributed by atoms with Crippen LogP contribution in [0.25, 0.3) is 0 Å². The van der Waals surface area contributed by atoms with E-state index in [0.29, 0.717) is 12.8 Å². The molecule has 45 heavy (non-hydrogen) atoms. The molecule has 0 spiro atoms. The zero-order valence-corrected chi connectivity index (χ0v) is 30.6. The summed E-state index contributed by atoms with van der Waals surface area (Å²) >= 11 is 0. The predicted molar refractivity (Wildman–Crippen MR) is 192 cm³/mol. The molecule has 0 rings (SSSR count). The molecule has 0 aromatic rings. The molecule has 0 saturated carbocycles. The van der Waals surface area contributed by atoms with Gasteiger partial charge in [-0.25, -0.2) is 0 Å². The number of carbonyl (C=O) groups excluding carboxylic acids is 2. The summed E-state index contributed by atoms with van der Waals surface area (Å²) < 4.78 is 10.6. The standard InChI is InChI=1S/C40H78O5/c1-4-5-6-7-8-9-10-11-12-13-14-15-16-17-21-24-27-30-33-39(42)44-36-38(35-41)45-40(43)34-31-28-25-22-19-18-20-23-26-29-32-37(2)3/h37-38,41H,4-36H2,1-3H3/t38-/m0/s1. The fraction of sp³-hybridized carbons (Fsp3) is 0.950. The van der Waals surface area contributed by atoms with E-state index in [2.05, 4.69) is 20.8 Å². The van der Waals surface area contributed by atoms with Gasteiger partial charge in [0.15, 0.2) is 6.10 Å². The highest BCUT2D eigenvalue weighted by molar-refractivity contribution is 5.70. The second kappa shape index (κ2) is 35.7. The maximum Gasteiger partial charge on any atom is 0.306 e. The largest absolute Gasteiger partial charge is 0.462 e. The molecule has 5 heteroatoms. The molecule has 0 fully saturated rings. The van der Waals surface area contributed by atoms with Gasteiger partial charge < -0.3 is 14.6 Å². The summed E-state index contributed by atoms with van der Waals surface area (Å²) in [4.78, 5) is 24.2. The SMILES string of the molecule is CCCCCCCCCCCCCCCCCCCCC(=O)OC[C@H](CO)OC(=O)CCCCCCCCCCCCC(C)C. The third-order valence-electron chi connectivity index (χ3n) is 9.08. The Hall–Kier alpha value is -1.10. The maximum absolute atomic E-state index is 12.1. The lowest BCUT2D eigenvalue weighted by atomic mass is 10.0. The molecule has 0 aliphatic rings. The average Bonchev–Trinajstić information content (AvgIpc) is 3.02. The number of aliphatic hydroxyl groups is 1. The Labute approximate surface area is 280 Å². The zero-order chi connectivity index (χ0) is 33.1. The Bertz CT molecular complexity index is 620. The lowest BCUT2D eigenvalue weighted by Gasteiger charge is -2.15. The van der Waals surface area contributed by atoms with Crippen molar-refractivity contribution in [1.82, 2.24) is 0 Å². The van der Waals surface area contributed by atoms with Crippen molar-refractivity contribution in [2.45, 2.75) is 226 Å². The fourth-order valence-electron chi connectivity index (χ4n) is 6.03. The number of esters is 2. The number of aliphatic hydroxyl groups excluding tert-OH is 1. The molecule has 1 atom stereocenters. The number of carbonyl (C=O) groups is 2. The summed E-state index contributed by atoms with van der Waals surface area (Å²) in [5.74, 6) is 0.249. The van der Waals surface area contributed by atoms with Gasteiger partial charge in [0, 0.05) is 12.8 Å². The highest BCUT2D eigenvalue weighted by Gasteiger charge is 2.16. The van der Waals surface area contributed by atoms with Crippen LogP contribution in [0.15, 0.2) is 0 Å². The fourth-order valence-corrected chi connectivity index (χ4v) is 6.03. The van der Waals surface area contributed by atoms with Crippen LogP contribution in [0.2, 0.25) is 0 Å². The summed E-state index contributed by atoms with van der Waals surface area (Å²) in [6.45, 7) is 6.49. The first kappa shape index (κ1) is 43.9. The van der Waals surface area contributed by atoms with Crippen LogP contribution in [-0.4, -0.2) is 36.4 Å². The zero-order valence-electron chi connectivity index (χ0n) is 30.6. The van der Waals surface area contributed by atoms with Crippen LogP contribution >= 0.6 is 0 Å². The molecule has 0 aromatic heterocycles. The van der Waals surface area contributed by atoms with Gasteiger partial charge in [-0.2, -0.15) is 0 Å². The van der Waals surface area contributed by atoms with Crippen LogP contribution in [0.5, 0.6) is 0 Å². The minimum Gasteiger partial charge on any atom is -0.462 e. The van der Waals surface area contributed by atoms with Crippen LogP contribution in [0.4, 0.5) is 0 Å². The highest BCUT2D eigenvalue weighted by Crippen LogP contribution is 2.16. The molecule has 0 heterocycles. The normalized spacial score (nSPS) is 12.1. The van der Waals surface area contributed by atoms with Crippen molar-refractivity contribution in [2.75, 3.05) is 13.2 Å². The summed E-state index contributed by atoms with van der Waals surface area (Å²) in [7, 11) is 0. The van der Waals surface area contributed by atoms with Crippen LogP contribution in [-0.2, 0) is 19.1 Å². The van der Waals surface area contributed by atoms with E-state index in [4.69, 9.17) is 9.47 Å². The topological polar surface area (TPSA) is 72.8 Å². The summed E-state index contributed by atoms with van der Waals surface area (Å²) in [5.41, 5.74) is 0. The van der Waals surface area contributed by atoms with E-state index in [1.807, 2.05) is 0 Å². The Balaban J connectivity index is 3.48. The third-order valence-corrected chi connectivity index (χ3v) is 9.08. The number of hydrogen-bond donors (Lipinski definition) is 1. The molecule has 0 unspecified atom stereocenters. The van der Waals surface area contributed by atoms with Gasteiger partial charge in [0.2, 0.25) is 0 Å². The van der Waals surface area contributed by atoms with Gasteiger partial charge in [-0.15, -0.1) is 0 Å². The Kier molecular flexibility index (Phi) is 34.9. The third kappa shape index (κ3) is 35.6. The monoisotopic (exact) mass is 639 g/mol. The molecular weight excluding hydrogens is 560 g/mol. The molecule has 0 aliphatic carbocycles. The summed E-state index contributed by atoms with van der Waals surface area (Å²) in [6.07, 6.45) is 37.4. The predicted octanol–water partition coefficient (Wildman–Crippen LogP) is 12.2. The summed E-state index contributed by atoms with van der Waals surface area (Å²) in [5, 5.41) is 9.54. The highest BCUT2D eigenvalue weighted by atomic mass is 16.6. The van der Waals surface area contributed by atoms with Crippen molar-refractivity contribution in [3.05, 3.63) is 0 Å². The van der Waals surface area contributed by atoms with Crippen molar-refractivity contribution >= 4 is 11.9 Å². The summed E-state index contributed by atoms with van der Waals surface area (Å²) in [6, 6.07) is 0. The number of unbranched alkanes of at least 4 members (excludes halogenated alkanes) is 26. The number of rotatable bonds is 36. The molecule has 0 bridgehead atoms. The van der Waals surface area contributed by atoms with Gasteiger partial charge >= 0.3 is 11.9 Å². The maximum atomic E-state index is 12.1. The Morgan fingerprint density at radius 2 is 0.822 bits per heavy atom. The van der Waals surface area contributed by atoms with Crippen LogP contribution in [0, 0.1) is 5.92 Å². The molecule has 5 nitrogen and oxygen atoms in total. The molecule has 0 aromatic carbocycles. The van der Waals surface area contributed by atoms with Gasteiger partial charge in [-0.1, -0.05) is 194 Å². The number of ether oxygens (including phenoxy) is 2. The minimum atomic E-state index is -0.762. The van der Waals surface area contributed by atoms with Crippen LogP contribution < -0.4 is 0 Å². The quantitative estimate of drug-likeness (QED) is 0.0546. The number of hydrogen-bond acceptors (Lipinski definition) is 5. The Morgan fingerprint density at radius 3 is 1.18 bits per heavy atom. The lowest BCUT2D eigenvalue weighted by molar-refractivity contribution is -0.161. The Morgan fingerprint density at radius 1 is 0.489 bits per heavy atom. The van der Waals surface area contributed by atoms with Crippen LogP contribution in [0.1, 0.15) is 220 Å². The van der Waals surface area contributed by atoms with Crippen molar-refractivity contribution < 1.29 is 24.2 Å². The van der Waals surface area contributed by atoms with E-state index in [0.717, 1.165) is 38.0 Å².